The molecule has 4 nitrogen and oxygen atoms in total. The quantitative estimate of drug-likeness (QED) is 0.817. The number of para-hydroxylation sites is 1. The molecular weight excluding hydrogens is 312 g/mol. The fraction of sp³-hybridized carbons (Fsp3) is 0.381. The molecule has 4 heteroatoms. The van der Waals surface area contributed by atoms with Crippen LogP contribution in [0.25, 0.3) is 0 Å². The molecule has 0 unspecified atom stereocenters. The normalized spacial score (nSPS) is 21.4. The van der Waals surface area contributed by atoms with Crippen molar-refractivity contribution >= 4 is 5.71 Å². The molecule has 0 aliphatic carbocycles. The average molecular weight is 336 g/mol. The maximum atomic E-state index is 6.28. The Morgan fingerprint density at radius 3 is 2.84 bits per heavy atom. The zero-order valence-electron chi connectivity index (χ0n) is 15.0. The summed E-state index contributed by atoms with van der Waals surface area (Å²) >= 11 is 0. The third-order valence-corrected chi connectivity index (χ3v) is 4.85. The van der Waals surface area contributed by atoms with Crippen LogP contribution in [0.2, 0.25) is 0 Å². The summed E-state index contributed by atoms with van der Waals surface area (Å²) in [6.07, 6.45) is 1.84. The second kappa shape index (κ2) is 6.43. The Morgan fingerprint density at radius 2 is 2.04 bits per heavy atom. The predicted molar refractivity (Wildman–Crippen MR) is 99.0 cm³/mol. The summed E-state index contributed by atoms with van der Waals surface area (Å²) in [6, 6.07) is 16.7. The van der Waals surface area contributed by atoms with E-state index < -0.39 is 0 Å². The summed E-state index contributed by atoms with van der Waals surface area (Å²) in [5.41, 5.74) is 3.44. The highest BCUT2D eigenvalue weighted by Gasteiger charge is 2.40. The molecule has 25 heavy (non-hydrogen) atoms. The van der Waals surface area contributed by atoms with Crippen molar-refractivity contribution in [3.8, 4) is 11.5 Å². The maximum absolute atomic E-state index is 6.28. The minimum absolute atomic E-state index is 0.0111. The smallest absolute Gasteiger partial charge is 0.188 e. The van der Waals surface area contributed by atoms with Crippen LogP contribution >= 0.6 is 0 Å². The van der Waals surface area contributed by atoms with Crippen LogP contribution in [-0.2, 0) is 0 Å². The SMILES string of the molecule is COc1cccc(C2=NN3[C@@H](CC(C)C)Oc4ccccc4[C@@H]3C2)c1. The molecule has 0 radical (unpaired) electrons. The number of benzene rings is 2. The third kappa shape index (κ3) is 2.97. The summed E-state index contributed by atoms with van der Waals surface area (Å²) in [4.78, 5) is 0. The first kappa shape index (κ1) is 16.0. The summed E-state index contributed by atoms with van der Waals surface area (Å²) in [6.45, 7) is 4.45. The van der Waals surface area contributed by atoms with Gasteiger partial charge in [0.1, 0.15) is 11.5 Å². The van der Waals surface area contributed by atoms with Crippen molar-refractivity contribution in [3.05, 3.63) is 59.7 Å². The van der Waals surface area contributed by atoms with Crippen molar-refractivity contribution in [2.75, 3.05) is 7.11 Å². The van der Waals surface area contributed by atoms with E-state index in [1.807, 2.05) is 18.2 Å². The maximum Gasteiger partial charge on any atom is 0.188 e. The van der Waals surface area contributed by atoms with Gasteiger partial charge in [-0.15, -0.1) is 0 Å². The van der Waals surface area contributed by atoms with Crippen molar-refractivity contribution in [1.29, 1.82) is 0 Å². The van der Waals surface area contributed by atoms with E-state index in [1.165, 1.54) is 5.56 Å². The highest BCUT2D eigenvalue weighted by molar-refractivity contribution is 6.02. The number of hydrogen-bond acceptors (Lipinski definition) is 4. The molecule has 2 heterocycles. The average Bonchev–Trinajstić information content (AvgIpc) is 3.07. The monoisotopic (exact) mass is 336 g/mol. The standard InChI is InChI=1S/C21H24N2O2/c1-14(2)11-21-23-19(17-9-4-5-10-20(17)25-21)13-18(22-23)15-7-6-8-16(12-15)24-3/h4-10,12,14,19,21H,11,13H2,1-3H3/t19-,21+/m0/s1. The van der Waals surface area contributed by atoms with Gasteiger partial charge in [-0.2, -0.15) is 5.10 Å². The summed E-state index contributed by atoms with van der Waals surface area (Å²) < 4.78 is 11.6. The van der Waals surface area contributed by atoms with Crippen LogP contribution < -0.4 is 9.47 Å². The van der Waals surface area contributed by atoms with E-state index in [0.29, 0.717) is 5.92 Å². The van der Waals surface area contributed by atoms with E-state index >= 15 is 0 Å². The Morgan fingerprint density at radius 1 is 1.20 bits per heavy atom. The Balaban J connectivity index is 1.70. The first-order valence-corrected chi connectivity index (χ1v) is 8.91. The van der Waals surface area contributed by atoms with Crippen molar-refractivity contribution in [2.24, 2.45) is 11.0 Å². The highest BCUT2D eigenvalue weighted by atomic mass is 16.5. The first-order chi connectivity index (χ1) is 12.2. The largest absolute Gasteiger partial charge is 0.497 e. The number of hydrazone groups is 1. The van der Waals surface area contributed by atoms with Crippen LogP contribution in [-0.4, -0.2) is 24.1 Å². The molecule has 0 amide bonds. The lowest BCUT2D eigenvalue weighted by Gasteiger charge is -2.38. The number of nitrogens with zero attached hydrogens (tertiary/aromatic N) is 2. The molecule has 0 saturated carbocycles. The number of hydrogen-bond donors (Lipinski definition) is 0. The zero-order valence-corrected chi connectivity index (χ0v) is 15.0. The second-order valence-corrected chi connectivity index (χ2v) is 7.12. The van der Waals surface area contributed by atoms with Gasteiger partial charge >= 0.3 is 0 Å². The molecular formula is C21H24N2O2. The van der Waals surface area contributed by atoms with E-state index in [4.69, 9.17) is 14.6 Å². The van der Waals surface area contributed by atoms with Crippen molar-refractivity contribution in [3.63, 3.8) is 0 Å². The first-order valence-electron chi connectivity index (χ1n) is 8.91. The van der Waals surface area contributed by atoms with E-state index in [9.17, 15) is 0 Å². The van der Waals surface area contributed by atoms with E-state index in [-0.39, 0.29) is 12.3 Å². The number of ether oxygens (including phenoxy) is 2. The summed E-state index contributed by atoms with van der Waals surface area (Å²) in [5.74, 6) is 2.41. The van der Waals surface area contributed by atoms with Gasteiger partial charge in [0.2, 0.25) is 0 Å². The summed E-state index contributed by atoms with van der Waals surface area (Å²) in [5, 5.41) is 7.12. The second-order valence-electron chi connectivity index (χ2n) is 7.12. The molecule has 2 aromatic carbocycles. The zero-order chi connectivity index (χ0) is 17.4. The van der Waals surface area contributed by atoms with Gasteiger partial charge in [-0.3, -0.25) is 5.01 Å². The highest BCUT2D eigenvalue weighted by Crippen LogP contribution is 2.44. The van der Waals surface area contributed by atoms with Crippen molar-refractivity contribution in [1.82, 2.24) is 5.01 Å². The Hall–Kier alpha value is -2.49. The van der Waals surface area contributed by atoms with E-state index in [2.05, 4.69) is 49.2 Å². The van der Waals surface area contributed by atoms with Gasteiger partial charge in [0.25, 0.3) is 0 Å². The van der Waals surface area contributed by atoms with Gasteiger partial charge in [-0.05, 0) is 24.1 Å². The molecule has 2 aliphatic rings. The van der Waals surface area contributed by atoms with Crippen LogP contribution in [0.3, 0.4) is 0 Å². The van der Waals surface area contributed by atoms with Gasteiger partial charge in [0, 0.05) is 24.0 Å². The lowest BCUT2D eigenvalue weighted by atomic mass is 9.95. The van der Waals surface area contributed by atoms with Gasteiger partial charge < -0.3 is 9.47 Å². The molecule has 2 aliphatic heterocycles. The van der Waals surface area contributed by atoms with E-state index in [1.54, 1.807) is 7.11 Å². The van der Waals surface area contributed by atoms with Gasteiger partial charge in [-0.25, -0.2) is 0 Å². The molecule has 0 spiro atoms. The molecule has 4 rings (SSSR count). The molecule has 2 aromatic rings. The third-order valence-electron chi connectivity index (χ3n) is 4.85. The van der Waals surface area contributed by atoms with Gasteiger partial charge in [0.05, 0.1) is 18.9 Å². The van der Waals surface area contributed by atoms with Gasteiger partial charge in [0.15, 0.2) is 6.23 Å². The Bertz CT molecular complexity index is 800. The molecule has 0 bridgehead atoms. The Kier molecular flexibility index (Phi) is 4.12. The number of methoxy groups -OCH3 is 1. The number of rotatable bonds is 4. The fourth-order valence-electron chi connectivity index (χ4n) is 3.65. The molecule has 0 fully saturated rings. The minimum atomic E-state index is -0.0111. The molecule has 130 valence electrons. The van der Waals surface area contributed by atoms with Crippen LogP contribution in [0, 0.1) is 5.92 Å². The number of fused-ring (bicyclic) bond motifs is 3. The Labute approximate surface area is 149 Å². The van der Waals surface area contributed by atoms with Crippen LogP contribution in [0.4, 0.5) is 0 Å². The van der Waals surface area contributed by atoms with E-state index in [0.717, 1.165) is 35.6 Å². The molecule has 2 atom stereocenters. The van der Waals surface area contributed by atoms with Gasteiger partial charge in [-0.1, -0.05) is 44.2 Å². The van der Waals surface area contributed by atoms with Crippen LogP contribution in [0.5, 0.6) is 11.5 Å². The summed E-state index contributed by atoms with van der Waals surface area (Å²) in [7, 11) is 1.70. The van der Waals surface area contributed by atoms with Crippen molar-refractivity contribution in [2.45, 2.75) is 39.0 Å². The molecule has 0 N–H and O–H groups in total. The molecule has 0 saturated heterocycles. The van der Waals surface area contributed by atoms with Crippen LogP contribution in [0.15, 0.2) is 53.6 Å². The topological polar surface area (TPSA) is 34.1 Å². The predicted octanol–water partition coefficient (Wildman–Crippen LogP) is 4.61. The lowest BCUT2D eigenvalue weighted by Crippen LogP contribution is -2.41. The van der Waals surface area contributed by atoms with Crippen LogP contribution in [0.1, 0.15) is 43.9 Å². The lowest BCUT2D eigenvalue weighted by molar-refractivity contribution is -0.0291. The fourth-order valence-corrected chi connectivity index (χ4v) is 3.65. The van der Waals surface area contributed by atoms with Crippen molar-refractivity contribution < 1.29 is 9.47 Å². The molecule has 0 aromatic heterocycles. The minimum Gasteiger partial charge on any atom is -0.497 e.